The van der Waals surface area contributed by atoms with Crippen LogP contribution in [0.1, 0.15) is 50.5 Å². The molecule has 0 spiro atoms. The van der Waals surface area contributed by atoms with Gasteiger partial charge in [-0.1, -0.05) is 31.3 Å². The van der Waals surface area contributed by atoms with Crippen LogP contribution in [0.2, 0.25) is 0 Å². The molecule has 1 aliphatic carbocycles. The van der Waals surface area contributed by atoms with Crippen molar-refractivity contribution in [2.24, 2.45) is 5.92 Å². The Bertz CT molecular complexity index is 321. The van der Waals surface area contributed by atoms with Gasteiger partial charge >= 0.3 is 0 Å². The summed E-state index contributed by atoms with van der Waals surface area (Å²) in [5.74, 6) is 1.87. The van der Waals surface area contributed by atoms with Gasteiger partial charge in [0.15, 0.2) is 5.76 Å². The molecule has 0 aliphatic heterocycles. The lowest BCUT2D eigenvalue weighted by atomic mass is 9.84. The van der Waals surface area contributed by atoms with Crippen LogP contribution < -0.4 is 5.32 Å². The van der Waals surface area contributed by atoms with Gasteiger partial charge in [-0.2, -0.15) is 0 Å². The van der Waals surface area contributed by atoms with Gasteiger partial charge in [-0.05, 0) is 25.7 Å². The molecule has 2 unspecified atom stereocenters. The Hall–Kier alpha value is -0.830. The lowest BCUT2D eigenvalue weighted by molar-refractivity contribution is 0.268. The summed E-state index contributed by atoms with van der Waals surface area (Å²) in [6.07, 6.45) is 6.73. The first-order valence-electron chi connectivity index (χ1n) is 6.43. The molecule has 2 atom stereocenters. The number of nitrogens with zero attached hydrogens (tertiary/aromatic N) is 1. The molecule has 1 aromatic rings. The minimum Gasteiger partial charge on any atom is -0.360 e. The summed E-state index contributed by atoms with van der Waals surface area (Å²) in [5, 5.41) is 7.48. The maximum absolute atomic E-state index is 5.20. The summed E-state index contributed by atoms with van der Waals surface area (Å²) in [7, 11) is 0. The minimum atomic E-state index is 0.670. The van der Waals surface area contributed by atoms with Crippen molar-refractivity contribution in [3.05, 3.63) is 17.5 Å². The Morgan fingerprint density at radius 2 is 2.38 bits per heavy atom. The van der Waals surface area contributed by atoms with Crippen molar-refractivity contribution in [1.82, 2.24) is 10.5 Å². The van der Waals surface area contributed by atoms with Crippen LogP contribution in [0.3, 0.4) is 0 Å². The molecule has 1 fully saturated rings. The van der Waals surface area contributed by atoms with Gasteiger partial charge in [0.05, 0.1) is 12.2 Å². The largest absolute Gasteiger partial charge is 0.360 e. The van der Waals surface area contributed by atoms with Crippen molar-refractivity contribution in [2.75, 3.05) is 0 Å². The minimum absolute atomic E-state index is 0.670. The van der Waals surface area contributed by atoms with Crippen LogP contribution in [0.25, 0.3) is 0 Å². The number of rotatable bonds is 4. The Morgan fingerprint density at radius 3 is 3.06 bits per heavy atom. The first-order chi connectivity index (χ1) is 7.78. The molecule has 1 heterocycles. The van der Waals surface area contributed by atoms with E-state index in [4.69, 9.17) is 4.52 Å². The maximum atomic E-state index is 5.20. The second kappa shape index (κ2) is 5.48. The fourth-order valence-electron chi connectivity index (χ4n) is 2.59. The standard InChI is InChI=1S/C13H22N2O/c1-3-11-5-4-6-12(8-11)14-9-13-7-10(2)15-16-13/h7,11-12,14H,3-6,8-9H2,1-2H3. The summed E-state index contributed by atoms with van der Waals surface area (Å²) in [4.78, 5) is 0. The summed E-state index contributed by atoms with van der Waals surface area (Å²) in [5.41, 5.74) is 0.965. The Kier molecular flexibility index (Phi) is 3.99. The number of aromatic nitrogens is 1. The van der Waals surface area contributed by atoms with Gasteiger partial charge in [0, 0.05) is 12.1 Å². The van der Waals surface area contributed by atoms with Crippen molar-refractivity contribution in [2.45, 2.75) is 58.5 Å². The van der Waals surface area contributed by atoms with Crippen LogP contribution >= 0.6 is 0 Å². The maximum Gasteiger partial charge on any atom is 0.150 e. The highest BCUT2D eigenvalue weighted by atomic mass is 16.5. The van der Waals surface area contributed by atoms with Gasteiger partial charge in [-0.3, -0.25) is 0 Å². The molecule has 2 rings (SSSR count). The van der Waals surface area contributed by atoms with E-state index in [0.717, 1.165) is 23.9 Å². The Labute approximate surface area is 97.6 Å². The second-order valence-electron chi connectivity index (χ2n) is 4.95. The van der Waals surface area contributed by atoms with Gasteiger partial charge in [-0.15, -0.1) is 0 Å². The quantitative estimate of drug-likeness (QED) is 0.851. The predicted molar refractivity (Wildman–Crippen MR) is 64.1 cm³/mol. The molecular weight excluding hydrogens is 200 g/mol. The van der Waals surface area contributed by atoms with Crippen LogP contribution in [0.15, 0.2) is 10.6 Å². The highest BCUT2D eigenvalue weighted by molar-refractivity contribution is 5.02. The molecule has 0 bridgehead atoms. The van der Waals surface area contributed by atoms with E-state index in [0.29, 0.717) is 6.04 Å². The molecule has 0 aromatic carbocycles. The van der Waals surface area contributed by atoms with Crippen LogP contribution in [0, 0.1) is 12.8 Å². The average Bonchev–Trinajstić information content (AvgIpc) is 2.73. The Balaban J connectivity index is 1.77. The molecular formula is C13H22N2O. The molecule has 0 radical (unpaired) electrons. The van der Waals surface area contributed by atoms with Gasteiger partial charge in [0.25, 0.3) is 0 Å². The van der Waals surface area contributed by atoms with Crippen molar-refractivity contribution >= 4 is 0 Å². The summed E-state index contributed by atoms with van der Waals surface area (Å²) >= 11 is 0. The molecule has 1 aromatic heterocycles. The topological polar surface area (TPSA) is 38.1 Å². The van der Waals surface area contributed by atoms with E-state index in [1.807, 2.05) is 13.0 Å². The van der Waals surface area contributed by atoms with E-state index in [9.17, 15) is 0 Å². The zero-order valence-electron chi connectivity index (χ0n) is 10.3. The van der Waals surface area contributed by atoms with Gasteiger partial charge < -0.3 is 9.84 Å². The van der Waals surface area contributed by atoms with Crippen LogP contribution in [0.4, 0.5) is 0 Å². The van der Waals surface area contributed by atoms with Crippen LogP contribution in [0.5, 0.6) is 0 Å². The van der Waals surface area contributed by atoms with Crippen molar-refractivity contribution in [3.8, 4) is 0 Å². The smallest absolute Gasteiger partial charge is 0.150 e. The number of aryl methyl sites for hydroxylation is 1. The molecule has 90 valence electrons. The highest BCUT2D eigenvalue weighted by Crippen LogP contribution is 2.26. The molecule has 1 saturated carbocycles. The third-order valence-electron chi connectivity index (χ3n) is 3.60. The fraction of sp³-hybridized carbons (Fsp3) is 0.769. The normalized spacial score (nSPS) is 25.9. The molecule has 0 saturated heterocycles. The highest BCUT2D eigenvalue weighted by Gasteiger charge is 2.20. The molecule has 0 amide bonds. The van der Waals surface area contributed by atoms with Crippen molar-refractivity contribution in [1.29, 1.82) is 0 Å². The number of hydrogen-bond acceptors (Lipinski definition) is 3. The Morgan fingerprint density at radius 1 is 1.50 bits per heavy atom. The zero-order valence-corrected chi connectivity index (χ0v) is 10.3. The lowest BCUT2D eigenvalue weighted by Crippen LogP contribution is -2.33. The summed E-state index contributed by atoms with van der Waals surface area (Å²) in [6, 6.07) is 2.68. The van der Waals surface area contributed by atoms with Gasteiger partial charge in [-0.25, -0.2) is 0 Å². The zero-order chi connectivity index (χ0) is 11.4. The van der Waals surface area contributed by atoms with E-state index in [1.54, 1.807) is 0 Å². The summed E-state index contributed by atoms with van der Waals surface area (Å²) < 4.78 is 5.20. The van der Waals surface area contributed by atoms with E-state index in [1.165, 1.54) is 32.1 Å². The van der Waals surface area contributed by atoms with Crippen molar-refractivity contribution < 1.29 is 4.52 Å². The van der Waals surface area contributed by atoms with Gasteiger partial charge in [0.2, 0.25) is 0 Å². The van der Waals surface area contributed by atoms with Crippen LogP contribution in [-0.4, -0.2) is 11.2 Å². The average molecular weight is 222 g/mol. The van der Waals surface area contributed by atoms with E-state index >= 15 is 0 Å². The molecule has 1 N–H and O–H groups in total. The van der Waals surface area contributed by atoms with Crippen LogP contribution in [-0.2, 0) is 6.54 Å². The molecule has 16 heavy (non-hydrogen) atoms. The monoisotopic (exact) mass is 222 g/mol. The van der Waals surface area contributed by atoms with Gasteiger partial charge in [0.1, 0.15) is 0 Å². The first kappa shape index (κ1) is 11.6. The van der Waals surface area contributed by atoms with E-state index < -0.39 is 0 Å². The molecule has 1 aliphatic rings. The second-order valence-corrected chi connectivity index (χ2v) is 4.95. The van der Waals surface area contributed by atoms with E-state index in [2.05, 4.69) is 17.4 Å². The lowest BCUT2D eigenvalue weighted by Gasteiger charge is -2.28. The van der Waals surface area contributed by atoms with E-state index in [-0.39, 0.29) is 0 Å². The predicted octanol–water partition coefficient (Wildman–Crippen LogP) is 3.04. The number of nitrogens with one attached hydrogen (secondary N) is 1. The number of hydrogen-bond donors (Lipinski definition) is 1. The SMILES string of the molecule is CCC1CCCC(NCc2cc(C)no2)C1. The summed E-state index contributed by atoms with van der Waals surface area (Å²) in [6.45, 7) is 5.08. The third kappa shape index (κ3) is 3.08. The molecule has 3 nitrogen and oxygen atoms in total. The fourth-order valence-corrected chi connectivity index (χ4v) is 2.59. The van der Waals surface area contributed by atoms with Crippen molar-refractivity contribution in [3.63, 3.8) is 0 Å². The molecule has 3 heteroatoms. The third-order valence-corrected chi connectivity index (χ3v) is 3.60. The first-order valence-corrected chi connectivity index (χ1v) is 6.43.